The third kappa shape index (κ3) is 6.25. The average molecular weight is 453 g/mol. The quantitative estimate of drug-likeness (QED) is 0.509. The van der Waals surface area contributed by atoms with Crippen LogP contribution in [0.4, 0.5) is 13.2 Å². The van der Waals surface area contributed by atoms with Crippen molar-refractivity contribution in [2.45, 2.75) is 52.4 Å². The first-order valence-corrected chi connectivity index (χ1v) is 9.88. The molecule has 0 saturated carbocycles. The van der Waals surface area contributed by atoms with E-state index >= 15 is 0 Å². The maximum absolute atomic E-state index is 12.6. The van der Waals surface area contributed by atoms with Crippen LogP contribution >= 0.6 is 0 Å². The van der Waals surface area contributed by atoms with Crippen LogP contribution < -0.4 is 10.6 Å². The number of alkyl halides is 3. The molecule has 0 bridgehead atoms. The zero-order chi connectivity index (χ0) is 23.3. The summed E-state index contributed by atoms with van der Waals surface area (Å²) < 4.78 is 43.7. The number of hydrogen-bond donors (Lipinski definition) is 2. The lowest BCUT2D eigenvalue weighted by molar-refractivity contribution is -0.147. The summed E-state index contributed by atoms with van der Waals surface area (Å²) in [5.74, 6) is -1.66. The molecule has 13 heteroatoms. The Bertz CT molecular complexity index is 1090. The van der Waals surface area contributed by atoms with Gasteiger partial charge in [0.05, 0.1) is 24.6 Å². The molecule has 0 aliphatic carbocycles. The molecule has 3 aromatic heterocycles. The van der Waals surface area contributed by atoms with Crippen molar-refractivity contribution in [3.8, 4) is 0 Å². The molecule has 2 amide bonds. The van der Waals surface area contributed by atoms with Gasteiger partial charge in [-0.15, -0.1) is 0 Å². The Hall–Kier alpha value is -3.51. The highest BCUT2D eigenvalue weighted by atomic mass is 19.4. The van der Waals surface area contributed by atoms with E-state index in [1.807, 2.05) is 0 Å². The molecule has 0 aromatic carbocycles. The lowest BCUT2D eigenvalue weighted by atomic mass is 9.98. The summed E-state index contributed by atoms with van der Waals surface area (Å²) in [5, 5.41) is 16.6. The molecule has 1 atom stereocenters. The average Bonchev–Trinajstić information content (AvgIpc) is 3.34. The first kappa shape index (κ1) is 23.2. The molecule has 10 nitrogen and oxygen atoms in total. The Kier molecular flexibility index (Phi) is 7.05. The van der Waals surface area contributed by atoms with Crippen LogP contribution in [0.5, 0.6) is 0 Å². The third-order valence-electron chi connectivity index (χ3n) is 4.79. The molecule has 0 radical (unpaired) electrons. The van der Waals surface area contributed by atoms with Crippen LogP contribution in [-0.2, 0) is 17.9 Å². The molecule has 3 rings (SSSR count). The van der Waals surface area contributed by atoms with E-state index in [1.165, 1.54) is 10.7 Å². The van der Waals surface area contributed by atoms with Crippen LogP contribution in [-0.4, -0.2) is 42.9 Å². The van der Waals surface area contributed by atoms with E-state index in [0.29, 0.717) is 22.6 Å². The van der Waals surface area contributed by atoms with Gasteiger partial charge in [0.2, 0.25) is 5.91 Å². The van der Waals surface area contributed by atoms with Gasteiger partial charge in [0, 0.05) is 19.4 Å². The van der Waals surface area contributed by atoms with Gasteiger partial charge in [-0.1, -0.05) is 18.5 Å². The first-order chi connectivity index (χ1) is 15.1. The van der Waals surface area contributed by atoms with E-state index in [1.54, 1.807) is 26.1 Å². The van der Waals surface area contributed by atoms with Gasteiger partial charge < -0.3 is 10.6 Å². The van der Waals surface area contributed by atoms with Crippen molar-refractivity contribution >= 4 is 17.5 Å². The minimum Gasteiger partial charge on any atom is -0.352 e. The van der Waals surface area contributed by atoms with Crippen molar-refractivity contribution in [2.24, 2.45) is 5.92 Å². The zero-order valence-corrected chi connectivity index (χ0v) is 17.4. The number of hydrogen-bond acceptors (Lipinski definition) is 7. The van der Waals surface area contributed by atoms with Crippen molar-refractivity contribution in [1.82, 2.24) is 35.5 Å². The van der Waals surface area contributed by atoms with Gasteiger partial charge in [-0.2, -0.15) is 18.3 Å². The van der Waals surface area contributed by atoms with Crippen molar-refractivity contribution in [3.05, 3.63) is 41.1 Å². The summed E-state index contributed by atoms with van der Waals surface area (Å²) in [5.41, 5.74) is 2.13. The molecule has 0 aliphatic rings. The normalized spacial score (nSPS) is 12.7. The monoisotopic (exact) mass is 453 g/mol. The van der Waals surface area contributed by atoms with Crippen LogP contribution in [0.15, 0.2) is 23.1 Å². The second-order valence-corrected chi connectivity index (χ2v) is 7.35. The predicted octanol–water partition coefficient (Wildman–Crippen LogP) is 2.34. The number of carbonyl (C=O) groups is 2. The highest BCUT2D eigenvalue weighted by Crippen LogP contribution is 2.28. The molecular formula is C19H22F3N7O3. The summed E-state index contributed by atoms with van der Waals surface area (Å²) in [4.78, 5) is 28.5. The minimum atomic E-state index is -4.29. The summed E-state index contributed by atoms with van der Waals surface area (Å²) in [6, 6.07) is 1.69. The molecule has 172 valence electrons. The van der Waals surface area contributed by atoms with Crippen molar-refractivity contribution < 1.29 is 27.4 Å². The second kappa shape index (κ2) is 9.75. The molecule has 0 aliphatic heterocycles. The van der Waals surface area contributed by atoms with Gasteiger partial charge >= 0.3 is 6.18 Å². The molecule has 0 saturated heterocycles. The Morgan fingerprint density at radius 3 is 2.66 bits per heavy atom. The van der Waals surface area contributed by atoms with Crippen molar-refractivity contribution in [1.29, 1.82) is 0 Å². The van der Waals surface area contributed by atoms with Crippen molar-refractivity contribution in [2.75, 3.05) is 0 Å². The summed E-state index contributed by atoms with van der Waals surface area (Å²) >= 11 is 0. The number of fused-ring (bicyclic) bond motifs is 1. The largest absolute Gasteiger partial charge is 0.389 e. The van der Waals surface area contributed by atoms with Crippen molar-refractivity contribution in [3.63, 3.8) is 0 Å². The molecular weight excluding hydrogens is 431 g/mol. The second-order valence-electron chi connectivity index (χ2n) is 7.35. The maximum atomic E-state index is 12.6. The van der Waals surface area contributed by atoms with Crippen LogP contribution in [0, 0.1) is 12.8 Å². The Balaban J connectivity index is 1.54. The summed E-state index contributed by atoms with van der Waals surface area (Å²) in [6.45, 7) is 3.46. The number of imidazole rings is 1. The third-order valence-corrected chi connectivity index (χ3v) is 4.79. The van der Waals surface area contributed by atoms with Gasteiger partial charge in [-0.25, -0.2) is 14.1 Å². The number of rotatable bonds is 9. The van der Waals surface area contributed by atoms with E-state index in [9.17, 15) is 22.8 Å². The molecule has 0 fully saturated rings. The number of nitrogens with zero attached hydrogens (tertiary/aromatic N) is 5. The Labute approximate surface area is 180 Å². The Morgan fingerprint density at radius 1 is 1.22 bits per heavy atom. The first-order valence-electron chi connectivity index (χ1n) is 9.88. The molecule has 0 unspecified atom stereocenters. The minimum absolute atomic E-state index is 0.0884. The summed E-state index contributed by atoms with van der Waals surface area (Å²) in [6.07, 6.45) is -2.05. The number of nitrogens with one attached hydrogen (secondary N) is 2. The molecule has 2 N–H and O–H groups in total. The fourth-order valence-electron chi connectivity index (χ4n) is 3.06. The number of carbonyl (C=O) groups excluding carboxylic acids is 2. The van der Waals surface area contributed by atoms with Crippen LogP contribution in [0.1, 0.15) is 53.6 Å². The number of amides is 2. The predicted molar refractivity (Wildman–Crippen MR) is 104 cm³/mol. The fourth-order valence-corrected chi connectivity index (χ4v) is 3.06. The van der Waals surface area contributed by atoms with E-state index in [2.05, 4.69) is 35.7 Å². The molecule has 0 spiro atoms. The van der Waals surface area contributed by atoms with Gasteiger partial charge in [-0.3, -0.25) is 9.59 Å². The van der Waals surface area contributed by atoms with E-state index in [0.717, 1.165) is 0 Å². The molecule has 3 heterocycles. The van der Waals surface area contributed by atoms with Crippen LogP contribution in [0.2, 0.25) is 0 Å². The van der Waals surface area contributed by atoms with Gasteiger partial charge in [0.1, 0.15) is 5.69 Å². The number of aromatic nitrogens is 5. The zero-order valence-electron chi connectivity index (χ0n) is 17.4. The van der Waals surface area contributed by atoms with Gasteiger partial charge in [0.15, 0.2) is 11.3 Å². The van der Waals surface area contributed by atoms with E-state index in [-0.39, 0.29) is 31.6 Å². The number of halogens is 3. The number of aryl methyl sites for hydroxylation is 1. The smallest absolute Gasteiger partial charge is 0.352 e. The van der Waals surface area contributed by atoms with Crippen LogP contribution in [0.25, 0.3) is 5.65 Å². The lowest BCUT2D eigenvalue weighted by Crippen LogP contribution is -2.27. The SMILES string of the molecule is CC[C@H](CC(=O)NCc1cnn2cc(CNC(=O)c3nonc3C)nc2c1)CC(F)(F)F. The maximum Gasteiger partial charge on any atom is 0.389 e. The highest BCUT2D eigenvalue weighted by molar-refractivity contribution is 5.92. The Morgan fingerprint density at radius 2 is 2.00 bits per heavy atom. The van der Waals surface area contributed by atoms with E-state index in [4.69, 9.17) is 0 Å². The standard InChI is InChI=1S/C19H22F3N7O3/c1-3-12(6-19(20,21)22)5-16(30)23-7-13-4-15-26-14(10-29(15)25-8-13)9-24-18(31)17-11(2)27-32-28-17/h4,8,10,12H,3,5-7,9H2,1-2H3,(H,23,30)(H,24,31)/t12-/m1/s1. The fraction of sp³-hybridized carbons (Fsp3) is 0.474. The topological polar surface area (TPSA) is 127 Å². The van der Waals surface area contributed by atoms with Gasteiger partial charge in [-0.05, 0) is 29.6 Å². The van der Waals surface area contributed by atoms with Gasteiger partial charge in [0.25, 0.3) is 5.91 Å². The summed E-state index contributed by atoms with van der Waals surface area (Å²) in [7, 11) is 0. The highest BCUT2D eigenvalue weighted by Gasteiger charge is 2.31. The van der Waals surface area contributed by atoms with Crippen LogP contribution in [0.3, 0.4) is 0 Å². The lowest BCUT2D eigenvalue weighted by Gasteiger charge is -2.16. The molecule has 32 heavy (non-hydrogen) atoms. The van der Waals surface area contributed by atoms with E-state index < -0.39 is 30.3 Å². The molecule has 3 aromatic rings.